The van der Waals surface area contributed by atoms with Gasteiger partial charge in [-0.15, -0.1) is 0 Å². The molecule has 0 radical (unpaired) electrons. The number of rotatable bonds is 4. The second-order valence-corrected chi connectivity index (χ2v) is 6.34. The predicted octanol–water partition coefficient (Wildman–Crippen LogP) is 3.00. The molecule has 3 unspecified atom stereocenters. The van der Waals surface area contributed by atoms with Crippen LogP contribution in [0.4, 0.5) is 4.39 Å². The summed E-state index contributed by atoms with van der Waals surface area (Å²) in [6.07, 6.45) is 5.72. The summed E-state index contributed by atoms with van der Waals surface area (Å²) in [5.74, 6) is -0.709. The number of carboxylic acid groups (broad SMARTS) is 1. The molecule has 5 heteroatoms. The molecule has 0 aromatic carbocycles. The predicted molar refractivity (Wildman–Crippen MR) is 76.2 cm³/mol. The van der Waals surface area contributed by atoms with E-state index in [1.54, 1.807) is 6.07 Å². The van der Waals surface area contributed by atoms with Crippen LogP contribution in [0.2, 0.25) is 0 Å². The number of aromatic nitrogens is 1. The number of carbonyl (C=O) groups is 1. The normalized spacial score (nSPS) is 30.3. The number of halogens is 1. The summed E-state index contributed by atoms with van der Waals surface area (Å²) >= 11 is 0. The van der Waals surface area contributed by atoms with Gasteiger partial charge in [0.1, 0.15) is 5.82 Å². The Morgan fingerprint density at radius 1 is 1.43 bits per heavy atom. The SMILES string of the molecule is CC(c1ccc(F)cn1)N1C2CCC1CC(CC(=O)O)C2. The summed E-state index contributed by atoms with van der Waals surface area (Å²) in [6.45, 7) is 2.11. The fourth-order valence-corrected chi connectivity index (χ4v) is 4.16. The summed E-state index contributed by atoms with van der Waals surface area (Å²) < 4.78 is 13.0. The standard InChI is InChI=1S/C16H21FN2O2/c1-10(15-5-2-12(17)9-18-15)19-13-3-4-14(19)7-11(6-13)8-16(20)21/h2,5,9-11,13-14H,3-4,6-8H2,1H3,(H,20,21). The minimum Gasteiger partial charge on any atom is -0.481 e. The molecule has 2 aliphatic rings. The maximum atomic E-state index is 13.0. The number of aliphatic carboxylic acids is 1. The monoisotopic (exact) mass is 292 g/mol. The lowest BCUT2D eigenvalue weighted by molar-refractivity contribution is -0.138. The average Bonchev–Trinajstić information content (AvgIpc) is 2.70. The van der Waals surface area contributed by atoms with Crippen LogP contribution in [0.5, 0.6) is 0 Å². The van der Waals surface area contributed by atoms with Crippen molar-refractivity contribution < 1.29 is 14.3 Å². The van der Waals surface area contributed by atoms with Crippen LogP contribution in [-0.4, -0.2) is 33.0 Å². The Balaban J connectivity index is 1.72. The summed E-state index contributed by atoms with van der Waals surface area (Å²) in [7, 11) is 0. The van der Waals surface area contributed by atoms with Gasteiger partial charge in [0.15, 0.2) is 0 Å². The number of hydrogen-bond donors (Lipinski definition) is 1. The number of piperidine rings is 1. The second kappa shape index (κ2) is 5.72. The van der Waals surface area contributed by atoms with Gasteiger partial charge in [0.2, 0.25) is 0 Å². The molecular formula is C16H21FN2O2. The lowest BCUT2D eigenvalue weighted by Gasteiger charge is -2.42. The van der Waals surface area contributed by atoms with E-state index in [1.807, 2.05) is 0 Å². The number of pyridine rings is 1. The first kappa shape index (κ1) is 14.4. The highest BCUT2D eigenvalue weighted by Crippen LogP contribution is 2.44. The van der Waals surface area contributed by atoms with E-state index in [1.165, 1.54) is 12.3 Å². The Morgan fingerprint density at radius 3 is 2.62 bits per heavy atom. The molecule has 4 nitrogen and oxygen atoms in total. The van der Waals surface area contributed by atoms with E-state index < -0.39 is 5.97 Å². The second-order valence-electron chi connectivity index (χ2n) is 6.34. The van der Waals surface area contributed by atoms with Gasteiger partial charge in [-0.05, 0) is 50.7 Å². The quantitative estimate of drug-likeness (QED) is 0.927. The zero-order valence-electron chi connectivity index (χ0n) is 12.2. The molecular weight excluding hydrogens is 271 g/mol. The van der Waals surface area contributed by atoms with Crippen molar-refractivity contribution in [3.63, 3.8) is 0 Å². The lowest BCUT2D eigenvalue weighted by atomic mass is 9.87. The molecule has 3 heterocycles. The topological polar surface area (TPSA) is 53.4 Å². The molecule has 2 bridgehead atoms. The van der Waals surface area contributed by atoms with Crippen molar-refractivity contribution in [3.8, 4) is 0 Å². The van der Waals surface area contributed by atoms with E-state index in [0.29, 0.717) is 18.0 Å². The molecule has 0 saturated carbocycles. The maximum absolute atomic E-state index is 13.0. The van der Waals surface area contributed by atoms with Crippen LogP contribution in [0.15, 0.2) is 18.3 Å². The highest BCUT2D eigenvalue weighted by molar-refractivity contribution is 5.67. The van der Waals surface area contributed by atoms with Crippen molar-refractivity contribution in [1.82, 2.24) is 9.88 Å². The van der Waals surface area contributed by atoms with Crippen LogP contribution in [-0.2, 0) is 4.79 Å². The van der Waals surface area contributed by atoms with Crippen LogP contribution in [0.3, 0.4) is 0 Å². The molecule has 2 saturated heterocycles. The molecule has 1 N–H and O–H groups in total. The van der Waals surface area contributed by atoms with E-state index in [-0.39, 0.29) is 18.3 Å². The third-order valence-electron chi connectivity index (χ3n) is 4.98. The molecule has 3 atom stereocenters. The molecule has 114 valence electrons. The first-order valence-electron chi connectivity index (χ1n) is 7.65. The van der Waals surface area contributed by atoms with Crippen molar-refractivity contribution in [3.05, 3.63) is 29.8 Å². The van der Waals surface area contributed by atoms with Crippen LogP contribution >= 0.6 is 0 Å². The number of hydrogen-bond acceptors (Lipinski definition) is 3. The zero-order chi connectivity index (χ0) is 15.0. The van der Waals surface area contributed by atoms with Gasteiger partial charge in [-0.3, -0.25) is 14.7 Å². The van der Waals surface area contributed by atoms with E-state index >= 15 is 0 Å². The van der Waals surface area contributed by atoms with E-state index in [0.717, 1.165) is 31.4 Å². The van der Waals surface area contributed by atoms with Crippen LogP contribution in [0.25, 0.3) is 0 Å². The maximum Gasteiger partial charge on any atom is 0.303 e. The van der Waals surface area contributed by atoms with Crippen molar-refractivity contribution >= 4 is 5.97 Å². The van der Waals surface area contributed by atoms with Crippen LogP contribution in [0, 0.1) is 11.7 Å². The molecule has 3 rings (SSSR count). The third-order valence-corrected chi connectivity index (χ3v) is 4.98. The van der Waals surface area contributed by atoms with Gasteiger partial charge >= 0.3 is 5.97 Å². The lowest BCUT2D eigenvalue weighted by Crippen LogP contribution is -2.44. The minimum absolute atomic E-state index is 0.161. The average molecular weight is 292 g/mol. The number of fused-ring (bicyclic) bond motifs is 2. The molecule has 0 aliphatic carbocycles. The zero-order valence-corrected chi connectivity index (χ0v) is 12.2. The van der Waals surface area contributed by atoms with E-state index in [2.05, 4.69) is 16.8 Å². The van der Waals surface area contributed by atoms with Gasteiger partial charge in [-0.1, -0.05) is 0 Å². The minimum atomic E-state index is -0.693. The molecule has 2 aliphatic heterocycles. The van der Waals surface area contributed by atoms with E-state index in [4.69, 9.17) is 5.11 Å². The molecule has 21 heavy (non-hydrogen) atoms. The fourth-order valence-electron chi connectivity index (χ4n) is 4.16. The first-order valence-corrected chi connectivity index (χ1v) is 7.65. The molecule has 2 fully saturated rings. The van der Waals surface area contributed by atoms with Crippen molar-refractivity contribution in [2.45, 2.75) is 57.2 Å². The molecule has 0 amide bonds. The summed E-state index contributed by atoms with van der Waals surface area (Å²) in [4.78, 5) is 17.6. The Bertz CT molecular complexity index is 506. The Morgan fingerprint density at radius 2 is 2.10 bits per heavy atom. The largest absolute Gasteiger partial charge is 0.481 e. The summed E-state index contributed by atoms with van der Waals surface area (Å²) in [5.41, 5.74) is 0.894. The van der Waals surface area contributed by atoms with Gasteiger partial charge < -0.3 is 5.11 Å². The fraction of sp³-hybridized carbons (Fsp3) is 0.625. The van der Waals surface area contributed by atoms with Crippen molar-refractivity contribution in [2.75, 3.05) is 0 Å². The third kappa shape index (κ3) is 2.93. The highest BCUT2D eigenvalue weighted by Gasteiger charge is 2.43. The van der Waals surface area contributed by atoms with Gasteiger partial charge in [-0.2, -0.15) is 0 Å². The highest BCUT2D eigenvalue weighted by atomic mass is 19.1. The van der Waals surface area contributed by atoms with Gasteiger partial charge in [0.25, 0.3) is 0 Å². The smallest absolute Gasteiger partial charge is 0.303 e. The molecule has 0 spiro atoms. The Kier molecular flexibility index (Phi) is 3.93. The van der Waals surface area contributed by atoms with E-state index in [9.17, 15) is 9.18 Å². The van der Waals surface area contributed by atoms with Gasteiger partial charge in [-0.25, -0.2) is 4.39 Å². The molecule has 1 aromatic rings. The number of nitrogens with zero attached hydrogens (tertiary/aromatic N) is 2. The summed E-state index contributed by atoms with van der Waals surface area (Å²) in [6, 6.07) is 4.25. The Hall–Kier alpha value is -1.49. The molecule has 1 aromatic heterocycles. The van der Waals surface area contributed by atoms with Crippen molar-refractivity contribution in [2.24, 2.45) is 5.92 Å². The first-order chi connectivity index (χ1) is 10.0. The van der Waals surface area contributed by atoms with Crippen LogP contribution in [0.1, 0.15) is 50.8 Å². The Labute approximate surface area is 124 Å². The van der Waals surface area contributed by atoms with Crippen molar-refractivity contribution in [1.29, 1.82) is 0 Å². The number of carboxylic acids is 1. The van der Waals surface area contributed by atoms with Gasteiger partial charge in [0, 0.05) is 24.5 Å². The summed E-state index contributed by atoms with van der Waals surface area (Å²) in [5, 5.41) is 8.98. The van der Waals surface area contributed by atoms with Crippen LogP contribution < -0.4 is 0 Å². The van der Waals surface area contributed by atoms with Gasteiger partial charge in [0.05, 0.1) is 11.9 Å².